The van der Waals surface area contributed by atoms with Crippen LogP contribution in [0.5, 0.6) is 0 Å². The number of thiophene rings is 1. The van der Waals surface area contributed by atoms with Crippen molar-refractivity contribution in [1.82, 2.24) is 5.32 Å². The summed E-state index contributed by atoms with van der Waals surface area (Å²) in [5.41, 5.74) is 1.49. The molecular formula is C17H25NS. The molecule has 0 amide bonds. The Hall–Kier alpha value is -0.860. The van der Waals surface area contributed by atoms with E-state index in [1.54, 1.807) is 0 Å². The van der Waals surface area contributed by atoms with Crippen molar-refractivity contribution >= 4 is 21.4 Å². The van der Waals surface area contributed by atoms with Gasteiger partial charge in [-0.05, 0) is 41.3 Å². The van der Waals surface area contributed by atoms with Gasteiger partial charge in [0.1, 0.15) is 0 Å². The topological polar surface area (TPSA) is 12.0 Å². The van der Waals surface area contributed by atoms with Crippen LogP contribution in [0.1, 0.15) is 51.6 Å². The summed E-state index contributed by atoms with van der Waals surface area (Å²) < 4.78 is 1.41. The fourth-order valence-electron chi connectivity index (χ4n) is 2.61. The molecule has 2 heteroatoms. The molecule has 1 nitrogen and oxygen atoms in total. The fourth-order valence-corrected chi connectivity index (χ4v) is 3.63. The third-order valence-corrected chi connectivity index (χ3v) is 4.59. The van der Waals surface area contributed by atoms with Gasteiger partial charge in [0.15, 0.2) is 0 Å². The van der Waals surface area contributed by atoms with E-state index in [4.69, 9.17) is 0 Å². The molecule has 1 atom stereocenters. The van der Waals surface area contributed by atoms with Crippen LogP contribution in [0, 0.1) is 5.92 Å². The lowest BCUT2D eigenvalue weighted by atomic mass is 9.97. The van der Waals surface area contributed by atoms with Crippen molar-refractivity contribution in [2.45, 2.75) is 46.1 Å². The highest BCUT2D eigenvalue weighted by Gasteiger charge is 2.14. The Morgan fingerprint density at radius 3 is 2.68 bits per heavy atom. The number of hydrogen-bond acceptors (Lipinski definition) is 2. The van der Waals surface area contributed by atoms with Gasteiger partial charge >= 0.3 is 0 Å². The average molecular weight is 275 g/mol. The molecule has 0 bridgehead atoms. The van der Waals surface area contributed by atoms with Crippen LogP contribution in [-0.2, 0) is 0 Å². The highest BCUT2D eigenvalue weighted by atomic mass is 32.1. The monoisotopic (exact) mass is 275 g/mol. The molecule has 2 aromatic rings. The molecule has 104 valence electrons. The predicted octanol–water partition coefficient (Wildman–Crippen LogP) is 5.38. The van der Waals surface area contributed by atoms with Gasteiger partial charge in [-0.2, -0.15) is 0 Å². The maximum atomic E-state index is 3.66. The maximum absolute atomic E-state index is 3.66. The molecule has 0 saturated heterocycles. The first kappa shape index (κ1) is 14.5. The van der Waals surface area contributed by atoms with Crippen LogP contribution in [0.3, 0.4) is 0 Å². The summed E-state index contributed by atoms with van der Waals surface area (Å²) in [6.45, 7) is 7.85. The van der Waals surface area contributed by atoms with E-state index < -0.39 is 0 Å². The molecule has 19 heavy (non-hydrogen) atoms. The molecule has 1 N–H and O–H groups in total. The second kappa shape index (κ2) is 7.06. The van der Waals surface area contributed by atoms with Gasteiger partial charge in [0.25, 0.3) is 0 Å². The van der Waals surface area contributed by atoms with Crippen molar-refractivity contribution in [1.29, 1.82) is 0 Å². The molecule has 0 aliphatic heterocycles. The Bertz CT molecular complexity index is 501. The summed E-state index contributed by atoms with van der Waals surface area (Å²) >= 11 is 1.87. The van der Waals surface area contributed by atoms with Gasteiger partial charge in [0.2, 0.25) is 0 Å². The SMILES string of the molecule is CCNC(CCCC(C)C)c1csc2ccccc12. The van der Waals surface area contributed by atoms with Crippen LogP contribution in [-0.4, -0.2) is 6.54 Å². The number of benzene rings is 1. The highest BCUT2D eigenvalue weighted by Crippen LogP contribution is 2.32. The summed E-state index contributed by atoms with van der Waals surface area (Å²) in [6.07, 6.45) is 3.87. The van der Waals surface area contributed by atoms with Crippen molar-refractivity contribution < 1.29 is 0 Å². The first-order chi connectivity index (χ1) is 9.22. The van der Waals surface area contributed by atoms with Gasteiger partial charge in [-0.15, -0.1) is 11.3 Å². The molecule has 0 fully saturated rings. The minimum atomic E-state index is 0.514. The zero-order valence-corrected chi connectivity index (χ0v) is 13.1. The summed E-state index contributed by atoms with van der Waals surface area (Å²) in [6, 6.07) is 9.27. The van der Waals surface area contributed by atoms with Crippen LogP contribution in [0.2, 0.25) is 0 Å². The van der Waals surface area contributed by atoms with Crippen molar-refractivity contribution in [3.63, 3.8) is 0 Å². The second-order valence-corrected chi connectivity index (χ2v) is 6.53. The summed E-state index contributed by atoms with van der Waals surface area (Å²) in [7, 11) is 0. The molecule has 0 radical (unpaired) electrons. The molecule has 0 aliphatic carbocycles. The quantitative estimate of drug-likeness (QED) is 0.715. The van der Waals surface area contributed by atoms with Crippen molar-refractivity contribution in [3.8, 4) is 0 Å². The molecule has 0 saturated carbocycles. The number of hydrogen-bond donors (Lipinski definition) is 1. The number of rotatable bonds is 7. The van der Waals surface area contributed by atoms with E-state index in [1.165, 1.54) is 34.9 Å². The zero-order chi connectivity index (χ0) is 13.7. The lowest BCUT2D eigenvalue weighted by molar-refractivity contribution is 0.457. The van der Waals surface area contributed by atoms with E-state index in [-0.39, 0.29) is 0 Å². The van der Waals surface area contributed by atoms with E-state index in [9.17, 15) is 0 Å². The normalized spacial score (nSPS) is 13.3. The zero-order valence-electron chi connectivity index (χ0n) is 12.3. The van der Waals surface area contributed by atoms with Gasteiger partial charge in [-0.25, -0.2) is 0 Å². The smallest absolute Gasteiger partial charge is 0.0346 e. The Morgan fingerprint density at radius 2 is 1.95 bits per heavy atom. The van der Waals surface area contributed by atoms with Gasteiger partial charge < -0.3 is 5.32 Å². The number of nitrogens with one attached hydrogen (secondary N) is 1. The summed E-state index contributed by atoms with van der Waals surface area (Å²) in [5.74, 6) is 0.807. The van der Waals surface area contributed by atoms with Crippen molar-refractivity contribution in [3.05, 3.63) is 35.2 Å². The lowest BCUT2D eigenvalue weighted by Crippen LogP contribution is -2.20. The van der Waals surface area contributed by atoms with E-state index in [0.717, 1.165) is 12.5 Å². The van der Waals surface area contributed by atoms with Crippen LogP contribution >= 0.6 is 11.3 Å². The average Bonchev–Trinajstić information content (AvgIpc) is 2.81. The molecular weight excluding hydrogens is 250 g/mol. The summed E-state index contributed by atoms with van der Waals surface area (Å²) in [4.78, 5) is 0. The van der Waals surface area contributed by atoms with Gasteiger partial charge in [-0.1, -0.05) is 51.8 Å². The van der Waals surface area contributed by atoms with Crippen LogP contribution in [0.25, 0.3) is 10.1 Å². The highest BCUT2D eigenvalue weighted by molar-refractivity contribution is 7.17. The van der Waals surface area contributed by atoms with E-state index in [0.29, 0.717) is 6.04 Å². The molecule has 1 aromatic carbocycles. The third kappa shape index (κ3) is 3.80. The first-order valence-electron chi connectivity index (χ1n) is 7.42. The second-order valence-electron chi connectivity index (χ2n) is 5.62. The lowest BCUT2D eigenvalue weighted by Gasteiger charge is -2.18. The molecule has 1 unspecified atom stereocenters. The maximum Gasteiger partial charge on any atom is 0.0346 e. The van der Waals surface area contributed by atoms with E-state index in [2.05, 4.69) is 55.7 Å². The Labute approximate surface area is 121 Å². The third-order valence-electron chi connectivity index (χ3n) is 3.61. The first-order valence-corrected chi connectivity index (χ1v) is 8.29. The predicted molar refractivity (Wildman–Crippen MR) is 86.9 cm³/mol. The van der Waals surface area contributed by atoms with Crippen LogP contribution in [0.15, 0.2) is 29.6 Å². The Balaban J connectivity index is 2.13. The van der Waals surface area contributed by atoms with E-state index in [1.807, 2.05) is 11.3 Å². The van der Waals surface area contributed by atoms with Gasteiger partial charge in [0, 0.05) is 10.7 Å². The Kier molecular flexibility index (Phi) is 5.41. The van der Waals surface area contributed by atoms with Crippen molar-refractivity contribution in [2.75, 3.05) is 6.54 Å². The molecule has 2 rings (SSSR count). The largest absolute Gasteiger partial charge is 0.310 e. The van der Waals surface area contributed by atoms with Gasteiger partial charge in [-0.3, -0.25) is 0 Å². The molecule has 0 aliphatic rings. The van der Waals surface area contributed by atoms with Crippen LogP contribution < -0.4 is 5.32 Å². The summed E-state index contributed by atoms with van der Waals surface area (Å²) in [5, 5.41) is 7.43. The molecule has 1 aromatic heterocycles. The fraction of sp³-hybridized carbons (Fsp3) is 0.529. The van der Waals surface area contributed by atoms with Gasteiger partial charge in [0.05, 0.1) is 0 Å². The molecule has 1 heterocycles. The molecule has 0 spiro atoms. The number of fused-ring (bicyclic) bond motifs is 1. The van der Waals surface area contributed by atoms with Crippen LogP contribution in [0.4, 0.5) is 0 Å². The van der Waals surface area contributed by atoms with E-state index >= 15 is 0 Å². The minimum Gasteiger partial charge on any atom is -0.310 e. The minimum absolute atomic E-state index is 0.514. The standard InChI is InChI=1S/C17H25NS/c1-4-18-16(10-7-8-13(2)3)15-12-19-17-11-6-5-9-14(15)17/h5-6,9,11-13,16,18H,4,7-8,10H2,1-3H3. The Morgan fingerprint density at radius 1 is 1.16 bits per heavy atom. The van der Waals surface area contributed by atoms with Crippen molar-refractivity contribution in [2.24, 2.45) is 5.92 Å².